The van der Waals surface area contributed by atoms with Crippen molar-refractivity contribution in [3.63, 3.8) is 0 Å². The number of amides is 1. The number of carbonyl (C=O) groups excluding carboxylic acids is 1. The summed E-state index contributed by atoms with van der Waals surface area (Å²) < 4.78 is 0. The fourth-order valence-electron chi connectivity index (χ4n) is 3.93. The topological polar surface area (TPSA) is 61.4 Å². The second-order valence-corrected chi connectivity index (χ2v) is 8.16. The number of aromatic nitrogens is 2. The summed E-state index contributed by atoms with van der Waals surface area (Å²) in [5.41, 5.74) is 1.09. The molecule has 142 valence electrons. The normalized spacial score (nSPS) is 22.9. The van der Waals surface area contributed by atoms with Gasteiger partial charge in [-0.1, -0.05) is 18.2 Å². The zero-order chi connectivity index (χ0) is 18.6. The number of carbonyl (C=O) groups is 1. The number of rotatable bonds is 5. The van der Waals surface area contributed by atoms with Crippen LogP contribution >= 0.6 is 11.8 Å². The third kappa shape index (κ3) is 4.09. The van der Waals surface area contributed by atoms with Crippen LogP contribution in [0.2, 0.25) is 0 Å². The van der Waals surface area contributed by atoms with E-state index in [1.54, 1.807) is 6.07 Å². The summed E-state index contributed by atoms with van der Waals surface area (Å²) in [7, 11) is 0. The lowest BCUT2D eigenvalue weighted by molar-refractivity contribution is 0.102. The molecule has 1 aromatic heterocycles. The molecule has 0 radical (unpaired) electrons. The Hall–Kier alpha value is -2.12. The summed E-state index contributed by atoms with van der Waals surface area (Å²) in [5, 5.41) is 11.9. The molecule has 4 rings (SSSR count). The minimum atomic E-state index is -0.237. The van der Waals surface area contributed by atoms with Crippen LogP contribution in [0.25, 0.3) is 0 Å². The molecule has 0 unspecified atom stereocenters. The number of thioether (sulfide) groups is 1. The molecule has 1 amide bonds. The van der Waals surface area contributed by atoms with Crippen molar-refractivity contribution in [2.75, 3.05) is 42.7 Å². The number of nitrogens with one attached hydrogen (secondary N) is 1. The highest BCUT2D eigenvalue weighted by Gasteiger charge is 2.37. The highest BCUT2D eigenvalue weighted by atomic mass is 32.2. The van der Waals surface area contributed by atoms with Gasteiger partial charge in [-0.15, -0.1) is 10.2 Å². The number of anilines is 2. The van der Waals surface area contributed by atoms with Crippen LogP contribution in [-0.2, 0) is 0 Å². The molecule has 0 aliphatic carbocycles. The molecule has 1 N–H and O–H groups in total. The highest BCUT2D eigenvalue weighted by Crippen LogP contribution is 2.30. The summed E-state index contributed by atoms with van der Waals surface area (Å²) in [5.74, 6) is 0.616. The molecule has 0 bridgehead atoms. The summed E-state index contributed by atoms with van der Waals surface area (Å²) in [6, 6.07) is 13.6. The van der Waals surface area contributed by atoms with Gasteiger partial charge in [0, 0.05) is 30.1 Å². The van der Waals surface area contributed by atoms with Gasteiger partial charge >= 0.3 is 0 Å². The number of hydrogen-bond donors (Lipinski definition) is 1. The van der Waals surface area contributed by atoms with E-state index in [4.69, 9.17) is 0 Å². The van der Waals surface area contributed by atoms with Crippen molar-refractivity contribution >= 4 is 29.2 Å². The minimum Gasteiger partial charge on any atom is -0.352 e. The highest BCUT2D eigenvalue weighted by molar-refractivity contribution is 7.99. The molecule has 27 heavy (non-hydrogen) atoms. The lowest BCUT2D eigenvalue weighted by Gasteiger charge is -2.27. The lowest BCUT2D eigenvalue weighted by Crippen LogP contribution is -2.40. The summed E-state index contributed by atoms with van der Waals surface area (Å²) in [6.07, 6.45) is 4.81. The van der Waals surface area contributed by atoms with Crippen molar-refractivity contribution in [1.82, 2.24) is 15.1 Å². The Kier molecular flexibility index (Phi) is 5.59. The molecule has 0 spiro atoms. The molecular formula is C20H25N5OS. The van der Waals surface area contributed by atoms with Gasteiger partial charge in [-0.3, -0.25) is 9.69 Å². The molecule has 1 aromatic carbocycles. The first-order valence-corrected chi connectivity index (χ1v) is 10.8. The van der Waals surface area contributed by atoms with E-state index in [-0.39, 0.29) is 5.91 Å². The van der Waals surface area contributed by atoms with E-state index in [9.17, 15) is 4.79 Å². The maximum atomic E-state index is 12.3. The smallest absolute Gasteiger partial charge is 0.276 e. The van der Waals surface area contributed by atoms with Crippen molar-refractivity contribution < 1.29 is 4.79 Å². The van der Waals surface area contributed by atoms with Crippen molar-refractivity contribution in [1.29, 1.82) is 0 Å². The van der Waals surface area contributed by atoms with Gasteiger partial charge in [-0.2, -0.15) is 11.8 Å². The number of benzene rings is 1. The molecule has 3 heterocycles. The van der Waals surface area contributed by atoms with Crippen LogP contribution in [0.15, 0.2) is 42.5 Å². The zero-order valence-electron chi connectivity index (χ0n) is 15.5. The van der Waals surface area contributed by atoms with Gasteiger partial charge in [0.25, 0.3) is 5.91 Å². The fraction of sp³-hybridized carbons (Fsp3) is 0.450. The number of nitrogens with zero attached hydrogens (tertiary/aromatic N) is 4. The maximum Gasteiger partial charge on any atom is 0.276 e. The van der Waals surface area contributed by atoms with Crippen LogP contribution in [0, 0.1) is 0 Å². The largest absolute Gasteiger partial charge is 0.352 e. The quantitative estimate of drug-likeness (QED) is 0.857. The van der Waals surface area contributed by atoms with Crippen LogP contribution < -0.4 is 10.2 Å². The van der Waals surface area contributed by atoms with Crippen LogP contribution in [-0.4, -0.2) is 64.7 Å². The first kappa shape index (κ1) is 18.3. The van der Waals surface area contributed by atoms with E-state index < -0.39 is 0 Å². The Morgan fingerprint density at radius 3 is 2.52 bits per heavy atom. The van der Waals surface area contributed by atoms with Gasteiger partial charge in [0.2, 0.25) is 0 Å². The third-order valence-corrected chi connectivity index (χ3v) is 6.46. The first-order valence-electron chi connectivity index (χ1n) is 9.46. The molecule has 7 heteroatoms. The van der Waals surface area contributed by atoms with E-state index >= 15 is 0 Å². The van der Waals surface area contributed by atoms with E-state index in [2.05, 4.69) is 31.6 Å². The summed E-state index contributed by atoms with van der Waals surface area (Å²) in [4.78, 5) is 17.3. The van der Waals surface area contributed by atoms with Gasteiger partial charge in [-0.25, -0.2) is 0 Å². The average Bonchev–Trinajstić information content (AvgIpc) is 3.38. The molecule has 2 aliphatic rings. The van der Waals surface area contributed by atoms with Gasteiger partial charge in [0.1, 0.15) is 0 Å². The second-order valence-electron chi connectivity index (χ2n) is 7.09. The SMILES string of the molecule is CS[C@H]1CN(c2ccc(C(=O)Nc3ccccc3)nn2)C[C@H]1N1CCCC1. The van der Waals surface area contributed by atoms with Crippen molar-refractivity contribution in [2.24, 2.45) is 0 Å². The summed E-state index contributed by atoms with van der Waals surface area (Å²) >= 11 is 1.94. The average molecular weight is 384 g/mol. The molecule has 2 fully saturated rings. The Morgan fingerprint density at radius 1 is 1.07 bits per heavy atom. The third-order valence-electron chi connectivity index (χ3n) is 5.39. The Labute approximate surface area is 164 Å². The van der Waals surface area contributed by atoms with E-state index in [0.29, 0.717) is 17.0 Å². The number of para-hydroxylation sites is 1. The zero-order valence-corrected chi connectivity index (χ0v) is 16.4. The van der Waals surface area contributed by atoms with E-state index in [1.807, 2.05) is 48.2 Å². The Bertz CT molecular complexity index is 764. The monoisotopic (exact) mass is 383 g/mol. The van der Waals surface area contributed by atoms with Gasteiger partial charge in [0.05, 0.1) is 0 Å². The summed E-state index contributed by atoms with van der Waals surface area (Å²) in [6.45, 7) is 4.38. The van der Waals surface area contributed by atoms with Crippen LogP contribution in [0.1, 0.15) is 23.3 Å². The van der Waals surface area contributed by atoms with Gasteiger partial charge in [-0.05, 0) is 56.5 Å². The predicted molar refractivity (Wildman–Crippen MR) is 111 cm³/mol. The fourth-order valence-corrected chi connectivity index (χ4v) is 4.83. The number of likely N-dealkylation sites (tertiary alicyclic amines) is 1. The van der Waals surface area contributed by atoms with Crippen molar-refractivity contribution in [2.45, 2.75) is 24.1 Å². The maximum absolute atomic E-state index is 12.3. The molecule has 6 nitrogen and oxygen atoms in total. The molecule has 2 aromatic rings. The number of hydrogen-bond acceptors (Lipinski definition) is 6. The second kappa shape index (κ2) is 8.27. The molecular weight excluding hydrogens is 358 g/mol. The van der Waals surface area contributed by atoms with E-state index in [1.165, 1.54) is 25.9 Å². The predicted octanol–water partition coefficient (Wildman–Crippen LogP) is 2.74. The van der Waals surface area contributed by atoms with Crippen LogP contribution in [0.3, 0.4) is 0 Å². The van der Waals surface area contributed by atoms with Crippen molar-refractivity contribution in [3.8, 4) is 0 Å². The van der Waals surface area contributed by atoms with Crippen molar-refractivity contribution in [3.05, 3.63) is 48.2 Å². The Morgan fingerprint density at radius 2 is 1.85 bits per heavy atom. The van der Waals surface area contributed by atoms with E-state index in [0.717, 1.165) is 24.6 Å². The minimum absolute atomic E-state index is 0.237. The molecule has 0 saturated carbocycles. The molecule has 2 saturated heterocycles. The van der Waals surface area contributed by atoms with Gasteiger partial charge < -0.3 is 10.2 Å². The first-order chi connectivity index (χ1) is 13.2. The lowest BCUT2D eigenvalue weighted by atomic mass is 10.2. The van der Waals surface area contributed by atoms with Gasteiger partial charge in [0.15, 0.2) is 11.5 Å². The standard InChI is InChI=1S/C20H25N5OS/c1-27-18-14-25(13-17(18)24-11-5-6-12-24)19-10-9-16(22-23-19)20(26)21-15-7-3-2-4-8-15/h2-4,7-10,17-18H,5-6,11-14H2,1H3,(H,21,26)/t17-,18+/m1/s1. The van der Waals surface area contributed by atoms with Crippen LogP contribution in [0.4, 0.5) is 11.5 Å². The molecule has 2 atom stereocenters. The molecule has 2 aliphatic heterocycles. The van der Waals surface area contributed by atoms with Crippen LogP contribution in [0.5, 0.6) is 0 Å². The Balaban J connectivity index is 1.42.